The van der Waals surface area contributed by atoms with Crippen LogP contribution in [0, 0.1) is 0 Å². The fourth-order valence-electron chi connectivity index (χ4n) is 5.04. The first-order chi connectivity index (χ1) is 18.0. The van der Waals surface area contributed by atoms with Crippen molar-refractivity contribution in [1.29, 1.82) is 0 Å². The van der Waals surface area contributed by atoms with E-state index in [0.29, 0.717) is 37.7 Å². The highest BCUT2D eigenvalue weighted by atomic mass is 19.4. The van der Waals surface area contributed by atoms with Crippen LogP contribution in [-0.2, 0) is 17.7 Å². The minimum absolute atomic E-state index is 0.0123. The van der Waals surface area contributed by atoms with Crippen molar-refractivity contribution in [3.63, 3.8) is 0 Å². The summed E-state index contributed by atoms with van der Waals surface area (Å²) in [4.78, 5) is 22.9. The van der Waals surface area contributed by atoms with Gasteiger partial charge in [0.2, 0.25) is 5.95 Å². The molecule has 4 rings (SSSR count). The third-order valence-corrected chi connectivity index (χ3v) is 7.53. The van der Waals surface area contributed by atoms with Crippen LogP contribution in [0.5, 0.6) is 5.75 Å². The molecular weight excluding hydrogens is 499 g/mol. The predicted molar refractivity (Wildman–Crippen MR) is 141 cm³/mol. The van der Waals surface area contributed by atoms with E-state index in [9.17, 15) is 18.0 Å². The zero-order valence-corrected chi connectivity index (χ0v) is 22.6. The summed E-state index contributed by atoms with van der Waals surface area (Å²) in [5.41, 5.74) is -1.84. The van der Waals surface area contributed by atoms with Crippen molar-refractivity contribution in [3.05, 3.63) is 46.2 Å². The second-order valence-corrected chi connectivity index (χ2v) is 10.6. The Hall–Kier alpha value is -2.79. The molecule has 1 fully saturated rings. The Morgan fingerprint density at radius 2 is 1.92 bits per heavy atom. The first kappa shape index (κ1) is 28.2. The van der Waals surface area contributed by atoms with Gasteiger partial charge in [-0.1, -0.05) is 12.1 Å². The molecule has 2 aliphatic heterocycles. The zero-order chi connectivity index (χ0) is 27.5. The number of hydrogen-bond acceptors (Lipinski definition) is 7. The second kappa shape index (κ2) is 11.5. The third-order valence-electron chi connectivity index (χ3n) is 7.53. The molecule has 1 aromatic heterocycles. The maximum atomic E-state index is 14.4. The van der Waals surface area contributed by atoms with Gasteiger partial charge in [0.25, 0.3) is 5.56 Å². The quantitative estimate of drug-likeness (QED) is 0.485. The van der Waals surface area contributed by atoms with Gasteiger partial charge < -0.3 is 24.2 Å². The molecule has 0 amide bonds. The molecule has 2 aliphatic rings. The largest absolute Gasteiger partial charge is 0.492 e. The fraction of sp³-hybridized carbons (Fsp3) is 0.630. The zero-order valence-electron chi connectivity index (χ0n) is 22.6. The smallest absolute Gasteiger partial charge is 0.413 e. The van der Waals surface area contributed by atoms with Crippen LogP contribution in [0.1, 0.15) is 31.7 Å². The maximum Gasteiger partial charge on any atom is 0.413 e. The first-order valence-corrected chi connectivity index (χ1v) is 13.1. The first-order valence-electron chi connectivity index (χ1n) is 13.1. The van der Waals surface area contributed by atoms with Crippen LogP contribution in [-0.4, -0.2) is 86.3 Å². The summed E-state index contributed by atoms with van der Waals surface area (Å²) in [5, 5.41) is 0. The Morgan fingerprint density at radius 3 is 2.58 bits per heavy atom. The summed E-state index contributed by atoms with van der Waals surface area (Å²) in [6.45, 7) is 3.27. The lowest BCUT2D eigenvalue weighted by Gasteiger charge is -2.37. The highest BCUT2D eigenvalue weighted by Gasteiger charge is 2.59. The summed E-state index contributed by atoms with van der Waals surface area (Å²) in [6, 6.07) is 8.75. The Labute approximate surface area is 221 Å². The van der Waals surface area contributed by atoms with Crippen LogP contribution in [0.2, 0.25) is 0 Å². The van der Waals surface area contributed by atoms with Gasteiger partial charge in [0.05, 0.1) is 12.6 Å². The molecule has 1 aromatic carbocycles. The van der Waals surface area contributed by atoms with Gasteiger partial charge in [-0.15, -0.1) is 0 Å². The van der Waals surface area contributed by atoms with Gasteiger partial charge in [0.1, 0.15) is 18.2 Å². The molecule has 1 saturated heterocycles. The summed E-state index contributed by atoms with van der Waals surface area (Å²) in [6.07, 6.45) is -1.42. The standard InChI is InChI=1S/C27H38F3N5O3/c1-26(27(28,29)30)19-34-24(36)17-23(33-13-6-5-7-22(18-33)37-4)31-25(34)35(26)14-12-20-8-10-21(11-9-20)38-16-15-32(2)3/h8-11,17,22H,5-7,12-16,18-19H2,1-4H3/t22?,26-/m0/s1. The summed E-state index contributed by atoms with van der Waals surface area (Å²) in [7, 11) is 5.58. The van der Waals surface area contributed by atoms with Gasteiger partial charge in [-0.3, -0.25) is 9.36 Å². The van der Waals surface area contributed by atoms with Crippen LogP contribution >= 0.6 is 0 Å². The molecule has 8 nitrogen and oxygen atoms in total. The van der Waals surface area contributed by atoms with Gasteiger partial charge in [0, 0.05) is 39.4 Å². The van der Waals surface area contributed by atoms with E-state index >= 15 is 0 Å². The molecule has 2 aromatic rings. The molecule has 0 spiro atoms. The van der Waals surface area contributed by atoms with E-state index in [4.69, 9.17) is 9.47 Å². The van der Waals surface area contributed by atoms with Crippen molar-refractivity contribution in [2.24, 2.45) is 0 Å². The minimum Gasteiger partial charge on any atom is -0.492 e. The highest BCUT2D eigenvalue weighted by molar-refractivity contribution is 5.50. The van der Waals surface area contributed by atoms with Gasteiger partial charge >= 0.3 is 6.18 Å². The van der Waals surface area contributed by atoms with Gasteiger partial charge in [0.15, 0.2) is 5.54 Å². The number of rotatable bonds is 9. The average Bonchev–Trinajstić information content (AvgIpc) is 3.01. The van der Waals surface area contributed by atoms with Crippen molar-refractivity contribution >= 4 is 11.8 Å². The normalized spacial score (nSPS) is 22.1. The average molecular weight is 538 g/mol. The molecule has 0 saturated carbocycles. The molecular formula is C27H38F3N5O3. The van der Waals surface area contributed by atoms with E-state index < -0.39 is 23.8 Å². The number of aromatic nitrogens is 2. The lowest BCUT2D eigenvalue weighted by molar-refractivity contribution is -0.182. The number of hydrogen-bond donors (Lipinski definition) is 0. The van der Waals surface area contributed by atoms with E-state index in [1.54, 1.807) is 7.11 Å². The molecule has 0 N–H and O–H groups in total. The fourth-order valence-corrected chi connectivity index (χ4v) is 5.04. The van der Waals surface area contributed by atoms with Crippen LogP contribution < -0.4 is 20.1 Å². The van der Waals surface area contributed by atoms with Crippen LogP contribution in [0.15, 0.2) is 35.1 Å². The van der Waals surface area contributed by atoms with E-state index in [-0.39, 0.29) is 18.6 Å². The molecule has 0 bridgehead atoms. The Balaban J connectivity index is 1.57. The number of ether oxygens (including phenoxy) is 2. The molecule has 3 heterocycles. The van der Waals surface area contributed by atoms with Crippen molar-refractivity contribution in [2.45, 2.75) is 57.0 Å². The number of likely N-dealkylation sites (N-methyl/N-ethyl adjacent to an activating group) is 1. The molecule has 210 valence electrons. The molecule has 0 radical (unpaired) electrons. The summed E-state index contributed by atoms with van der Waals surface area (Å²) in [5.74, 6) is 1.18. The molecule has 38 heavy (non-hydrogen) atoms. The number of halogens is 3. The lowest BCUT2D eigenvalue weighted by atomic mass is 10.00. The van der Waals surface area contributed by atoms with Gasteiger partial charge in [-0.05, 0) is 64.4 Å². The lowest BCUT2D eigenvalue weighted by Crippen LogP contribution is -2.56. The van der Waals surface area contributed by atoms with Crippen LogP contribution in [0.3, 0.4) is 0 Å². The number of nitrogens with zero attached hydrogens (tertiary/aromatic N) is 5. The van der Waals surface area contributed by atoms with Crippen LogP contribution in [0.25, 0.3) is 0 Å². The van der Waals surface area contributed by atoms with Crippen molar-refractivity contribution in [3.8, 4) is 5.75 Å². The van der Waals surface area contributed by atoms with E-state index in [0.717, 1.165) is 42.9 Å². The van der Waals surface area contributed by atoms with Crippen molar-refractivity contribution in [1.82, 2.24) is 14.5 Å². The summed E-state index contributed by atoms with van der Waals surface area (Å²) >= 11 is 0. The molecule has 1 unspecified atom stereocenters. The number of anilines is 2. The number of alkyl halides is 3. The molecule has 0 aliphatic carbocycles. The Morgan fingerprint density at radius 1 is 1.18 bits per heavy atom. The number of benzene rings is 1. The molecule has 11 heteroatoms. The Bertz CT molecular complexity index is 1140. The van der Waals surface area contributed by atoms with Gasteiger partial charge in [-0.2, -0.15) is 18.2 Å². The highest BCUT2D eigenvalue weighted by Crippen LogP contribution is 2.43. The van der Waals surface area contributed by atoms with Crippen molar-refractivity contribution in [2.75, 3.05) is 63.8 Å². The monoisotopic (exact) mass is 537 g/mol. The topological polar surface area (TPSA) is 63.1 Å². The van der Waals surface area contributed by atoms with Crippen molar-refractivity contribution < 1.29 is 22.6 Å². The second-order valence-electron chi connectivity index (χ2n) is 10.6. The molecule has 2 atom stereocenters. The van der Waals surface area contributed by atoms with E-state index in [2.05, 4.69) is 4.98 Å². The minimum atomic E-state index is -4.55. The van der Waals surface area contributed by atoms with Gasteiger partial charge in [-0.25, -0.2) is 0 Å². The number of methoxy groups -OCH3 is 1. The third kappa shape index (κ3) is 6.09. The van der Waals surface area contributed by atoms with Crippen LogP contribution in [0.4, 0.5) is 24.9 Å². The van der Waals surface area contributed by atoms with E-state index in [1.165, 1.54) is 11.0 Å². The predicted octanol–water partition coefficient (Wildman–Crippen LogP) is 3.57. The number of fused-ring (bicyclic) bond motifs is 1. The maximum absolute atomic E-state index is 14.4. The Kier molecular flexibility index (Phi) is 8.56. The SMILES string of the molecule is COC1CCCCN(c2cc(=O)n3c(n2)N(CCc2ccc(OCCN(C)C)cc2)[C@](C)(C(F)(F)F)C3)C1. The van der Waals surface area contributed by atoms with E-state index in [1.807, 2.05) is 48.2 Å². The summed E-state index contributed by atoms with van der Waals surface area (Å²) < 4.78 is 55.7.